The third-order valence-electron chi connectivity index (χ3n) is 10.0. The van der Waals surface area contributed by atoms with Crippen LogP contribution in [0.25, 0.3) is 11.0 Å². The van der Waals surface area contributed by atoms with E-state index in [-0.39, 0.29) is 28.9 Å². The number of hydrogen-bond acceptors (Lipinski definition) is 8. The summed E-state index contributed by atoms with van der Waals surface area (Å²) in [6.45, 7) is 8.31. The minimum absolute atomic E-state index is 0.0900. The molecule has 1 N–H and O–H groups in total. The molecule has 0 bridgehead atoms. The summed E-state index contributed by atoms with van der Waals surface area (Å²) in [6, 6.07) is 22.9. The van der Waals surface area contributed by atoms with Crippen molar-refractivity contribution in [3.8, 4) is 11.5 Å². The maximum Gasteiger partial charge on any atom is 0.295 e. The number of aromatic nitrogens is 3. The molecular weight excluding hydrogens is 607 g/mol. The second-order valence-corrected chi connectivity index (χ2v) is 13.7. The molecule has 5 aromatic rings. The van der Waals surface area contributed by atoms with E-state index in [0.29, 0.717) is 23.4 Å². The zero-order chi connectivity index (χ0) is 33.0. The molecule has 2 unspecified atom stereocenters. The van der Waals surface area contributed by atoms with Crippen LogP contribution in [-0.4, -0.2) is 57.4 Å². The average Bonchev–Trinajstić information content (AvgIpc) is 3.56. The Kier molecular flexibility index (Phi) is 7.47. The van der Waals surface area contributed by atoms with Crippen molar-refractivity contribution in [1.82, 2.24) is 19.4 Å². The van der Waals surface area contributed by atoms with Crippen LogP contribution in [0.1, 0.15) is 48.7 Å². The predicted molar refractivity (Wildman–Crippen MR) is 184 cm³/mol. The van der Waals surface area contributed by atoms with Gasteiger partial charge in [0.1, 0.15) is 11.7 Å². The molecule has 2 fully saturated rings. The maximum absolute atomic E-state index is 14.6. The number of fused-ring (bicyclic) bond motifs is 3. The van der Waals surface area contributed by atoms with Crippen LogP contribution in [-0.2, 0) is 6.42 Å². The quantitative estimate of drug-likeness (QED) is 0.217. The molecular formula is C38H37FN6O3. The van der Waals surface area contributed by atoms with Gasteiger partial charge in [-0.3, -0.25) is 19.1 Å². The summed E-state index contributed by atoms with van der Waals surface area (Å²) >= 11 is 0. The molecule has 48 heavy (non-hydrogen) atoms. The molecule has 244 valence electrons. The van der Waals surface area contributed by atoms with E-state index in [4.69, 9.17) is 9.72 Å². The van der Waals surface area contributed by atoms with Crippen molar-refractivity contribution in [3.05, 3.63) is 112 Å². The highest BCUT2D eigenvalue weighted by molar-refractivity contribution is 6.02. The lowest BCUT2D eigenvalue weighted by atomic mass is 9.69. The lowest BCUT2D eigenvalue weighted by Crippen LogP contribution is -2.50. The normalized spacial score (nSPS) is 20.4. The van der Waals surface area contributed by atoms with E-state index in [0.717, 1.165) is 30.9 Å². The van der Waals surface area contributed by atoms with Crippen LogP contribution in [0.5, 0.6) is 11.5 Å². The molecule has 1 aliphatic carbocycles. The van der Waals surface area contributed by atoms with Gasteiger partial charge < -0.3 is 15.0 Å². The number of carbonyl (C=O) groups excluding carboxylic acids is 1. The Morgan fingerprint density at radius 2 is 1.73 bits per heavy atom. The van der Waals surface area contributed by atoms with Gasteiger partial charge in [0, 0.05) is 54.2 Å². The smallest absolute Gasteiger partial charge is 0.295 e. The Morgan fingerprint density at radius 1 is 0.938 bits per heavy atom. The number of anilines is 3. The number of benzene rings is 3. The molecule has 0 saturated carbocycles. The van der Waals surface area contributed by atoms with Gasteiger partial charge in [-0.2, -0.15) is 4.98 Å². The van der Waals surface area contributed by atoms with Crippen LogP contribution < -0.4 is 20.5 Å². The Hall–Kier alpha value is -5.09. The Morgan fingerprint density at radius 3 is 2.56 bits per heavy atom. The highest BCUT2D eigenvalue weighted by Gasteiger charge is 2.44. The Bertz CT molecular complexity index is 2100. The monoisotopic (exact) mass is 644 g/mol. The molecule has 0 radical (unpaired) electrons. The predicted octanol–water partition coefficient (Wildman–Crippen LogP) is 6.76. The van der Waals surface area contributed by atoms with Gasteiger partial charge in [-0.25, -0.2) is 9.37 Å². The maximum atomic E-state index is 14.6. The van der Waals surface area contributed by atoms with Gasteiger partial charge in [-0.1, -0.05) is 50.2 Å². The minimum atomic E-state index is -0.895. The summed E-state index contributed by atoms with van der Waals surface area (Å²) in [5, 5.41) is 3.77. The van der Waals surface area contributed by atoms with Gasteiger partial charge >= 0.3 is 0 Å². The van der Waals surface area contributed by atoms with Gasteiger partial charge in [0.25, 0.3) is 5.56 Å². The van der Waals surface area contributed by atoms with E-state index in [2.05, 4.69) is 32.2 Å². The molecule has 9 nitrogen and oxygen atoms in total. The van der Waals surface area contributed by atoms with E-state index in [1.54, 1.807) is 24.4 Å². The van der Waals surface area contributed by atoms with E-state index in [1.807, 2.05) is 44.2 Å². The van der Waals surface area contributed by atoms with Crippen LogP contribution >= 0.6 is 0 Å². The van der Waals surface area contributed by atoms with Crippen molar-refractivity contribution < 1.29 is 13.9 Å². The highest BCUT2D eigenvalue weighted by Crippen LogP contribution is 2.43. The number of pyridine rings is 1. The first-order valence-electron chi connectivity index (χ1n) is 16.6. The number of rotatable bonds is 6. The Balaban J connectivity index is 1.17. The van der Waals surface area contributed by atoms with Gasteiger partial charge in [0.15, 0.2) is 23.1 Å². The third kappa shape index (κ3) is 5.39. The number of carbonyl (C=O) groups is 1. The summed E-state index contributed by atoms with van der Waals surface area (Å²) in [5.41, 5.74) is 2.55. The SMILES string of the molecule is CC1(C)Cc2ccccc2C(=O)C1n1c(=O)c(Oc2ccccc2F)cc2cnc(Nc3ccc(N4CCN5CCCC5C4)cc3)nc21. The number of ether oxygens (including phenoxy) is 1. The van der Waals surface area contributed by atoms with E-state index >= 15 is 0 Å². The molecule has 3 aromatic carbocycles. The lowest BCUT2D eigenvalue weighted by Gasteiger charge is -2.39. The summed E-state index contributed by atoms with van der Waals surface area (Å²) in [5.74, 6) is -0.710. The number of Topliss-reactive ketones (excluding diaryl/α,β-unsaturated/α-hetero) is 1. The number of nitrogens with zero attached hydrogens (tertiary/aromatic N) is 5. The second kappa shape index (κ2) is 11.9. The molecule has 10 heteroatoms. The molecule has 4 heterocycles. The van der Waals surface area contributed by atoms with Crippen molar-refractivity contribution in [2.45, 2.75) is 45.2 Å². The van der Waals surface area contributed by atoms with Crippen LogP contribution in [0, 0.1) is 11.2 Å². The summed E-state index contributed by atoms with van der Waals surface area (Å²) < 4.78 is 21.9. The molecule has 0 amide bonds. The fourth-order valence-corrected chi connectivity index (χ4v) is 7.70. The topological polar surface area (TPSA) is 92.6 Å². The number of piperazine rings is 1. The fraction of sp³-hybridized carbons (Fsp3) is 0.316. The first-order valence-corrected chi connectivity index (χ1v) is 16.6. The molecule has 8 rings (SSSR count). The van der Waals surface area contributed by atoms with E-state index in [1.165, 1.54) is 47.8 Å². The standard InChI is InChI=1S/C38H37FN6O3/c1-38(2)21-24-8-3-4-10-29(24)33(46)34(38)45-35-25(20-32(36(45)47)48-31-12-6-5-11-30(31)39)22-40-37(42-35)41-26-13-15-27(16-14-26)44-19-18-43-17-7-9-28(43)23-44/h3-6,8,10-16,20,22,28,34H,7,9,17-19,21,23H2,1-2H3,(H,40,41,42). The summed E-state index contributed by atoms with van der Waals surface area (Å²) in [7, 11) is 0. The number of hydrogen-bond donors (Lipinski definition) is 1. The largest absolute Gasteiger partial charge is 0.448 e. The van der Waals surface area contributed by atoms with Crippen LogP contribution in [0.2, 0.25) is 0 Å². The number of ketones is 1. The fourth-order valence-electron chi connectivity index (χ4n) is 7.70. The van der Waals surface area contributed by atoms with E-state index < -0.39 is 22.8 Å². The highest BCUT2D eigenvalue weighted by atomic mass is 19.1. The molecule has 3 aliphatic rings. The number of para-hydroxylation sites is 1. The molecule has 2 aliphatic heterocycles. The lowest BCUT2D eigenvalue weighted by molar-refractivity contribution is 0.0779. The zero-order valence-corrected chi connectivity index (χ0v) is 27.0. The summed E-state index contributed by atoms with van der Waals surface area (Å²) in [4.78, 5) is 43.0. The zero-order valence-electron chi connectivity index (χ0n) is 27.0. The molecule has 2 saturated heterocycles. The van der Waals surface area contributed by atoms with Crippen LogP contribution in [0.15, 0.2) is 89.9 Å². The van der Waals surface area contributed by atoms with Crippen molar-refractivity contribution >= 4 is 34.1 Å². The number of nitrogens with one attached hydrogen (secondary N) is 1. The van der Waals surface area contributed by atoms with E-state index in [9.17, 15) is 14.0 Å². The third-order valence-corrected chi connectivity index (χ3v) is 10.0. The second-order valence-electron chi connectivity index (χ2n) is 13.7. The molecule has 2 aromatic heterocycles. The van der Waals surface area contributed by atoms with Crippen molar-refractivity contribution in [2.75, 3.05) is 36.4 Å². The first-order chi connectivity index (χ1) is 23.2. The summed E-state index contributed by atoms with van der Waals surface area (Å²) in [6.07, 6.45) is 4.71. The van der Waals surface area contributed by atoms with Gasteiger partial charge in [-0.15, -0.1) is 0 Å². The van der Waals surface area contributed by atoms with Gasteiger partial charge in [0.05, 0.1) is 0 Å². The Labute approximate surface area is 278 Å². The molecule has 0 spiro atoms. The minimum Gasteiger partial charge on any atom is -0.448 e. The van der Waals surface area contributed by atoms with Gasteiger partial charge in [-0.05, 0) is 79.3 Å². The van der Waals surface area contributed by atoms with Crippen LogP contribution in [0.3, 0.4) is 0 Å². The van der Waals surface area contributed by atoms with Gasteiger partial charge in [0.2, 0.25) is 5.95 Å². The number of halogens is 1. The van der Waals surface area contributed by atoms with Crippen molar-refractivity contribution in [3.63, 3.8) is 0 Å². The van der Waals surface area contributed by atoms with Crippen molar-refractivity contribution in [2.24, 2.45) is 5.41 Å². The van der Waals surface area contributed by atoms with Crippen molar-refractivity contribution in [1.29, 1.82) is 0 Å². The average molecular weight is 645 g/mol. The van der Waals surface area contributed by atoms with Crippen LogP contribution in [0.4, 0.5) is 21.7 Å². The first kappa shape index (κ1) is 30.3. The molecule has 2 atom stereocenters.